The Kier molecular flexibility index (Phi) is 5.98. The molecule has 8 heteroatoms. The summed E-state index contributed by atoms with van der Waals surface area (Å²) in [4.78, 5) is 32.3. The van der Waals surface area contributed by atoms with Crippen LogP contribution in [-0.4, -0.2) is 55.8 Å². The Bertz CT molecular complexity index is 1460. The van der Waals surface area contributed by atoms with Crippen LogP contribution < -0.4 is 5.32 Å². The van der Waals surface area contributed by atoms with E-state index >= 15 is 0 Å². The number of carbonyl (C=O) groups is 2. The molecule has 0 radical (unpaired) electrons. The van der Waals surface area contributed by atoms with Gasteiger partial charge in [0.2, 0.25) is 0 Å². The number of para-hydroxylation sites is 1. The second kappa shape index (κ2) is 9.00. The molecule has 0 bridgehead atoms. The molecule has 1 saturated heterocycles. The lowest BCUT2D eigenvalue weighted by atomic mass is 10.1. The van der Waals surface area contributed by atoms with Crippen LogP contribution in [0, 0.1) is 0 Å². The number of imidazole rings is 1. The molecule has 0 spiro atoms. The van der Waals surface area contributed by atoms with Crippen LogP contribution in [0.1, 0.15) is 44.0 Å². The number of amides is 2. The number of fused-ring (bicyclic) bond motifs is 2. The molecule has 1 fully saturated rings. The van der Waals surface area contributed by atoms with E-state index < -0.39 is 6.09 Å². The lowest BCUT2D eigenvalue weighted by Crippen LogP contribution is -2.47. The van der Waals surface area contributed by atoms with Crippen LogP contribution in [0.3, 0.4) is 0 Å². The third-order valence-corrected chi connectivity index (χ3v) is 6.72. The first kappa shape index (κ1) is 23.9. The highest BCUT2D eigenvalue weighted by Crippen LogP contribution is 2.29. The molecular weight excluding hydrogens is 454 g/mol. The van der Waals surface area contributed by atoms with Crippen molar-refractivity contribution in [2.75, 3.05) is 13.1 Å². The van der Waals surface area contributed by atoms with Crippen LogP contribution in [0.2, 0.25) is 0 Å². The fourth-order valence-corrected chi connectivity index (χ4v) is 4.95. The van der Waals surface area contributed by atoms with Gasteiger partial charge in [-0.05, 0) is 63.9 Å². The van der Waals surface area contributed by atoms with Gasteiger partial charge in [0.15, 0.2) is 5.82 Å². The summed E-state index contributed by atoms with van der Waals surface area (Å²) < 4.78 is 9.81. The first-order chi connectivity index (χ1) is 17.1. The van der Waals surface area contributed by atoms with Crippen molar-refractivity contribution in [1.29, 1.82) is 0 Å². The van der Waals surface area contributed by atoms with E-state index in [9.17, 15) is 9.59 Å². The number of carbonyl (C=O) groups excluding carboxylic acids is 2. The van der Waals surface area contributed by atoms with E-state index in [0.29, 0.717) is 18.7 Å². The van der Waals surface area contributed by atoms with Crippen molar-refractivity contribution in [3.05, 3.63) is 54.1 Å². The Hall–Kier alpha value is -3.81. The number of benzene rings is 2. The predicted octanol–water partition coefficient (Wildman–Crippen LogP) is 4.86. The Morgan fingerprint density at radius 1 is 1.03 bits per heavy atom. The normalized spacial score (nSPS) is 16.5. The number of rotatable bonds is 3. The van der Waals surface area contributed by atoms with Gasteiger partial charge >= 0.3 is 6.09 Å². The second-order valence-corrected chi connectivity index (χ2v) is 10.6. The third kappa shape index (κ3) is 4.55. The zero-order chi connectivity index (χ0) is 25.6. The summed E-state index contributed by atoms with van der Waals surface area (Å²) in [5.41, 5.74) is 4.12. The van der Waals surface area contributed by atoms with Crippen molar-refractivity contribution < 1.29 is 14.3 Å². The molecule has 1 N–H and O–H groups in total. The maximum Gasteiger partial charge on any atom is 0.407 e. The molecule has 1 aliphatic rings. The Morgan fingerprint density at radius 3 is 2.56 bits per heavy atom. The molecule has 36 heavy (non-hydrogen) atoms. The highest BCUT2D eigenvalue weighted by atomic mass is 16.6. The van der Waals surface area contributed by atoms with Crippen LogP contribution in [-0.2, 0) is 18.8 Å². The third-order valence-electron chi connectivity index (χ3n) is 6.72. The van der Waals surface area contributed by atoms with Gasteiger partial charge in [-0.1, -0.05) is 18.2 Å². The molecule has 0 aliphatic carbocycles. The summed E-state index contributed by atoms with van der Waals surface area (Å²) in [6.45, 7) is 6.75. The molecule has 1 aliphatic heterocycles. The van der Waals surface area contributed by atoms with Gasteiger partial charge in [-0.25, -0.2) is 9.78 Å². The minimum atomic E-state index is -0.447. The van der Waals surface area contributed by atoms with E-state index in [-0.39, 0.29) is 17.6 Å². The predicted molar refractivity (Wildman–Crippen MR) is 141 cm³/mol. The molecule has 0 unspecified atom stereocenters. The zero-order valence-corrected chi connectivity index (χ0v) is 21.5. The lowest BCUT2D eigenvalue weighted by Gasteiger charge is -2.33. The number of hydrogen-bond donors (Lipinski definition) is 1. The summed E-state index contributed by atoms with van der Waals surface area (Å²) in [6, 6.07) is 16.1. The average molecular weight is 488 g/mol. The van der Waals surface area contributed by atoms with Crippen LogP contribution >= 0.6 is 0 Å². The fraction of sp³-hybridized carbons (Fsp3) is 0.393. The summed E-state index contributed by atoms with van der Waals surface area (Å²) in [6.07, 6.45) is 0.768. The van der Waals surface area contributed by atoms with Crippen LogP contribution in [0.5, 0.6) is 0 Å². The molecule has 188 valence electrons. The standard InChI is InChI=1S/C28H33N5O3/c1-28(2,3)30-27(35)36-20-10-8-14-33(17-20)26(34)19-12-13-23-21(15-19)29-25(32(23)5)24-16-18-9-6-7-11-22(18)31(24)4/h6-7,9,11-13,15-16,20H,8,10,14,17H2,1-5H3,(H,30,35)/t20-/m1/s1. The van der Waals surface area contributed by atoms with E-state index in [0.717, 1.165) is 46.3 Å². The number of aromatic nitrogens is 3. The quantitative estimate of drug-likeness (QED) is 0.447. The van der Waals surface area contributed by atoms with Gasteiger partial charge < -0.3 is 24.1 Å². The maximum atomic E-state index is 13.4. The number of piperidine rings is 1. The number of alkyl carbamates (subject to hydrolysis) is 1. The molecule has 4 aromatic rings. The van der Waals surface area contributed by atoms with Crippen LogP contribution in [0.15, 0.2) is 48.5 Å². The summed E-state index contributed by atoms with van der Waals surface area (Å²) in [5, 5.41) is 3.98. The molecule has 5 rings (SSSR count). The van der Waals surface area contributed by atoms with Gasteiger partial charge in [-0.2, -0.15) is 0 Å². The first-order valence-corrected chi connectivity index (χ1v) is 12.4. The Labute approximate surface area is 210 Å². The largest absolute Gasteiger partial charge is 0.444 e. The molecule has 1 atom stereocenters. The van der Waals surface area contributed by atoms with E-state index in [1.54, 1.807) is 4.90 Å². The molecule has 0 saturated carbocycles. The highest BCUT2D eigenvalue weighted by Gasteiger charge is 2.28. The molecule has 2 aromatic carbocycles. The number of hydrogen-bond acceptors (Lipinski definition) is 4. The van der Waals surface area contributed by atoms with Crippen molar-refractivity contribution in [2.24, 2.45) is 14.1 Å². The number of nitrogens with zero attached hydrogens (tertiary/aromatic N) is 4. The van der Waals surface area contributed by atoms with Gasteiger partial charge in [0.05, 0.1) is 23.3 Å². The molecule has 3 heterocycles. The van der Waals surface area contributed by atoms with Gasteiger partial charge in [0, 0.05) is 42.6 Å². The average Bonchev–Trinajstić information content (AvgIpc) is 3.33. The number of nitrogens with one attached hydrogen (secondary N) is 1. The van der Waals surface area contributed by atoms with E-state index in [4.69, 9.17) is 9.72 Å². The minimum absolute atomic E-state index is 0.0711. The van der Waals surface area contributed by atoms with Crippen molar-refractivity contribution in [3.8, 4) is 11.5 Å². The van der Waals surface area contributed by atoms with Crippen LogP contribution in [0.25, 0.3) is 33.5 Å². The molecule has 8 nitrogen and oxygen atoms in total. The lowest BCUT2D eigenvalue weighted by molar-refractivity contribution is 0.0323. The fourth-order valence-electron chi connectivity index (χ4n) is 4.95. The van der Waals surface area contributed by atoms with E-state index in [2.05, 4.69) is 32.7 Å². The SMILES string of the molecule is Cn1c(-c2nc3cc(C(=O)N4CCC[C@@H](OC(=O)NC(C)(C)C)C4)ccc3n2C)cc2ccccc21. The van der Waals surface area contributed by atoms with Gasteiger partial charge in [0.25, 0.3) is 5.91 Å². The van der Waals surface area contributed by atoms with Crippen molar-refractivity contribution >= 4 is 33.9 Å². The summed E-state index contributed by atoms with van der Waals surface area (Å²) >= 11 is 0. The van der Waals surface area contributed by atoms with Crippen LogP contribution in [0.4, 0.5) is 4.79 Å². The van der Waals surface area contributed by atoms with Crippen molar-refractivity contribution in [2.45, 2.75) is 45.3 Å². The molecular formula is C28H33N5O3. The maximum absolute atomic E-state index is 13.4. The molecule has 2 amide bonds. The summed E-state index contributed by atoms with van der Waals surface area (Å²) in [5.74, 6) is 0.780. The number of aryl methyl sites for hydroxylation is 2. The number of ether oxygens (including phenoxy) is 1. The number of likely N-dealkylation sites (tertiary alicyclic amines) is 1. The molecule has 2 aromatic heterocycles. The van der Waals surface area contributed by atoms with Crippen molar-refractivity contribution in [1.82, 2.24) is 24.3 Å². The Balaban J connectivity index is 1.37. The van der Waals surface area contributed by atoms with Crippen molar-refractivity contribution in [3.63, 3.8) is 0 Å². The second-order valence-electron chi connectivity index (χ2n) is 10.6. The highest BCUT2D eigenvalue weighted by molar-refractivity contribution is 5.98. The smallest absolute Gasteiger partial charge is 0.407 e. The van der Waals surface area contributed by atoms with Gasteiger partial charge in [-0.15, -0.1) is 0 Å². The first-order valence-electron chi connectivity index (χ1n) is 12.4. The topological polar surface area (TPSA) is 81.4 Å². The monoisotopic (exact) mass is 487 g/mol. The van der Waals surface area contributed by atoms with E-state index in [1.165, 1.54) is 0 Å². The Morgan fingerprint density at radius 2 is 1.81 bits per heavy atom. The van der Waals surface area contributed by atoms with Gasteiger partial charge in [-0.3, -0.25) is 4.79 Å². The summed E-state index contributed by atoms with van der Waals surface area (Å²) in [7, 11) is 4.04. The van der Waals surface area contributed by atoms with E-state index in [1.807, 2.05) is 65.2 Å². The van der Waals surface area contributed by atoms with Gasteiger partial charge in [0.1, 0.15) is 6.10 Å². The minimum Gasteiger partial charge on any atom is -0.444 e. The zero-order valence-electron chi connectivity index (χ0n) is 21.5.